The molecule has 0 spiro atoms. The number of fused-ring (bicyclic) bond motifs is 1. The molecule has 1 aliphatic carbocycles. The van der Waals surface area contributed by atoms with E-state index in [1.54, 1.807) is 11.6 Å². The molecule has 10 nitrogen and oxygen atoms in total. The molecule has 1 saturated carbocycles. The Kier molecular flexibility index (Phi) is 8.30. The number of hydrogen-bond acceptors (Lipinski definition) is 6. The highest BCUT2D eigenvalue weighted by Crippen LogP contribution is 2.28. The lowest BCUT2D eigenvalue weighted by Crippen LogP contribution is -2.54. The van der Waals surface area contributed by atoms with Gasteiger partial charge in [-0.2, -0.15) is 0 Å². The standard InChI is InChI=1S/C29H39N5O5/c1-31-25-17-20(9-10-23(25)34(29(31)39)24-11-12-26(36)30-28(24)38)6-3-2-4-13-32-14-15-33(18-27(32)37)22-8-5-7-21(16-22)19-35/h9-10,17,19,21-22,24H,2-8,11-16,18H2,1H3,(H,30,36,38). The first-order valence-electron chi connectivity index (χ1n) is 14.4. The van der Waals surface area contributed by atoms with Crippen LogP contribution < -0.4 is 11.0 Å². The Morgan fingerprint density at radius 2 is 1.85 bits per heavy atom. The second kappa shape index (κ2) is 11.9. The van der Waals surface area contributed by atoms with Crippen LogP contribution in [0.15, 0.2) is 23.0 Å². The minimum atomic E-state index is -0.676. The third-order valence-corrected chi connectivity index (χ3v) is 8.81. The maximum atomic E-state index is 13.0. The third-order valence-electron chi connectivity index (χ3n) is 8.81. The minimum absolute atomic E-state index is 0.146. The van der Waals surface area contributed by atoms with E-state index in [0.29, 0.717) is 24.5 Å². The van der Waals surface area contributed by atoms with Crippen LogP contribution >= 0.6 is 0 Å². The van der Waals surface area contributed by atoms with Crippen LogP contribution in [-0.2, 0) is 32.6 Å². The Morgan fingerprint density at radius 3 is 2.62 bits per heavy atom. The zero-order valence-corrected chi connectivity index (χ0v) is 22.8. The zero-order valence-electron chi connectivity index (χ0n) is 22.8. The zero-order chi connectivity index (χ0) is 27.5. The summed E-state index contributed by atoms with van der Waals surface area (Å²) in [5.74, 6) is -0.383. The average molecular weight is 538 g/mol. The molecule has 3 unspecified atom stereocenters. The highest BCUT2D eigenvalue weighted by Gasteiger charge is 2.32. The number of imide groups is 1. The van der Waals surface area contributed by atoms with E-state index in [9.17, 15) is 24.0 Å². The molecule has 1 aromatic heterocycles. The van der Waals surface area contributed by atoms with E-state index >= 15 is 0 Å². The Balaban J connectivity index is 1.10. The molecule has 2 aliphatic heterocycles. The van der Waals surface area contributed by atoms with Crippen LogP contribution in [0, 0.1) is 5.92 Å². The first kappa shape index (κ1) is 27.3. The largest absolute Gasteiger partial charge is 0.340 e. The van der Waals surface area contributed by atoms with E-state index in [4.69, 9.17) is 0 Å². The van der Waals surface area contributed by atoms with Crippen LogP contribution in [0.5, 0.6) is 0 Å². The number of piperidine rings is 1. The maximum absolute atomic E-state index is 13.0. The van der Waals surface area contributed by atoms with E-state index in [2.05, 4.69) is 10.2 Å². The summed E-state index contributed by atoms with van der Waals surface area (Å²) < 4.78 is 3.08. The van der Waals surface area contributed by atoms with Gasteiger partial charge in [0.05, 0.1) is 17.6 Å². The Bertz CT molecular complexity index is 1310. The molecule has 3 heterocycles. The van der Waals surface area contributed by atoms with Crippen LogP contribution in [0.1, 0.15) is 69.4 Å². The number of nitrogens with one attached hydrogen (secondary N) is 1. The van der Waals surface area contributed by atoms with Crippen molar-refractivity contribution < 1.29 is 19.2 Å². The molecule has 210 valence electrons. The summed E-state index contributed by atoms with van der Waals surface area (Å²) in [4.78, 5) is 65.1. The summed E-state index contributed by atoms with van der Waals surface area (Å²) in [6.45, 7) is 2.89. The number of carbonyl (C=O) groups is 4. The van der Waals surface area contributed by atoms with E-state index in [1.807, 2.05) is 23.1 Å². The van der Waals surface area contributed by atoms with Gasteiger partial charge in [0, 0.05) is 45.1 Å². The van der Waals surface area contributed by atoms with E-state index < -0.39 is 11.9 Å². The van der Waals surface area contributed by atoms with Gasteiger partial charge in [-0.15, -0.1) is 0 Å². The fraction of sp³-hybridized carbons (Fsp3) is 0.621. The van der Waals surface area contributed by atoms with Gasteiger partial charge in [-0.25, -0.2) is 4.79 Å². The predicted molar refractivity (Wildman–Crippen MR) is 146 cm³/mol. The van der Waals surface area contributed by atoms with Crippen molar-refractivity contribution in [1.82, 2.24) is 24.3 Å². The number of aryl methyl sites for hydroxylation is 2. The van der Waals surface area contributed by atoms with Crippen molar-refractivity contribution in [2.24, 2.45) is 13.0 Å². The van der Waals surface area contributed by atoms with Crippen molar-refractivity contribution in [2.45, 2.75) is 76.3 Å². The van der Waals surface area contributed by atoms with Crippen LogP contribution in [0.4, 0.5) is 0 Å². The van der Waals surface area contributed by atoms with Crippen molar-refractivity contribution in [3.05, 3.63) is 34.2 Å². The molecule has 3 atom stereocenters. The van der Waals surface area contributed by atoms with Gasteiger partial charge in [0.15, 0.2) is 0 Å². The molecule has 1 N–H and O–H groups in total. The Morgan fingerprint density at radius 1 is 1.00 bits per heavy atom. The summed E-state index contributed by atoms with van der Waals surface area (Å²) in [5, 5.41) is 2.34. The highest BCUT2D eigenvalue weighted by atomic mass is 16.2. The van der Waals surface area contributed by atoms with Gasteiger partial charge >= 0.3 is 5.69 Å². The van der Waals surface area contributed by atoms with Crippen molar-refractivity contribution in [3.8, 4) is 0 Å². The van der Waals surface area contributed by atoms with Crippen molar-refractivity contribution >= 4 is 35.0 Å². The molecule has 5 rings (SSSR count). The third kappa shape index (κ3) is 5.85. The summed E-state index contributed by atoms with van der Waals surface area (Å²) >= 11 is 0. The molecule has 2 aromatic rings. The monoisotopic (exact) mass is 537 g/mol. The van der Waals surface area contributed by atoms with Gasteiger partial charge in [0.2, 0.25) is 17.7 Å². The predicted octanol–water partition coefficient (Wildman–Crippen LogP) is 1.93. The summed E-state index contributed by atoms with van der Waals surface area (Å²) in [5.41, 5.74) is 2.36. The van der Waals surface area contributed by atoms with E-state index in [1.165, 1.54) is 4.57 Å². The normalized spacial score (nSPS) is 24.8. The molecule has 0 bridgehead atoms. The van der Waals surface area contributed by atoms with Crippen LogP contribution in [0.3, 0.4) is 0 Å². The Hall–Kier alpha value is -3.27. The summed E-state index contributed by atoms with van der Waals surface area (Å²) in [7, 11) is 1.71. The number of piperazine rings is 1. The lowest BCUT2D eigenvalue weighted by Gasteiger charge is -2.41. The van der Waals surface area contributed by atoms with E-state index in [-0.39, 0.29) is 29.8 Å². The number of nitrogens with zero attached hydrogens (tertiary/aromatic N) is 4. The smallest absolute Gasteiger partial charge is 0.329 e. The van der Waals surface area contributed by atoms with Gasteiger partial charge in [-0.1, -0.05) is 18.9 Å². The molecule has 2 saturated heterocycles. The van der Waals surface area contributed by atoms with Crippen molar-refractivity contribution in [3.63, 3.8) is 0 Å². The number of unbranched alkanes of at least 4 members (excludes halogenated alkanes) is 2. The van der Waals surface area contributed by atoms with E-state index in [0.717, 1.165) is 88.4 Å². The second-order valence-electron chi connectivity index (χ2n) is 11.4. The molecular weight excluding hydrogens is 498 g/mol. The van der Waals surface area contributed by atoms with Gasteiger partial charge in [-0.3, -0.25) is 33.7 Å². The molecule has 3 aliphatic rings. The second-order valence-corrected chi connectivity index (χ2v) is 11.4. The molecule has 0 radical (unpaired) electrons. The number of hydrogen-bond donors (Lipinski definition) is 1. The fourth-order valence-corrected chi connectivity index (χ4v) is 6.53. The summed E-state index contributed by atoms with van der Waals surface area (Å²) in [6.07, 6.45) is 9.46. The molecule has 1 aromatic carbocycles. The number of amides is 3. The Labute approximate surface area is 228 Å². The van der Waals surface area contributed by atoms with Crippen LogP contribution in [0.25, 0.3) is 11.0 Å². The SMILES string of the molecule is Cn1c(=O)n(C2CCC(=O)NC2=O)c2ccc(CCCCCN3CCN(C4CCCC(C=O)C4)CC3=O)cc21. The minimum Gasteiger partial charge on any atom is -0.340 e. The molecular formula is C29H39N5O5. The van der Waals surface area contributed by atoms with Crippen molar-refractivity contribution in [2.75, 3.05) is 26.2 Å². The highest BCUT2D eigenvalue weighted by molar-refractivity contribution is 6.00. The lowest BCUT2D eigenvalue weighted by molar-refractivity contribution is -0.138. The topological polar surface area (TPSA) is 114 Å². The molecule has 39 heavy (non-hydrogen) atoms. The number of aldehydes is 1. The van der Waals surface area contributed by atoms with Crippen LogP contribution in [0.2, 0.25) is 0 Å². The number of benzene rings is 1. The number of rotatable bonds is 9. The molecule has 10 heteroatoms. The quantitative estimate of drug-likeness (QED) is 0.297. The number of carbonyl (C=O) groups excluding carboxylic acids is 4. The van der Waals surface area contributed by atoms with Gasteiger partial charge in [0.1, 0.15) is 12.3 Å². The molecule has 3 fully saturated rings. The van der Waals surface area contributed by atoms with Crippen molar-refractivity contribution in [1.29, 1.82) is 0 Å². The molecule has 3 amide bonds. The first-order valence-corrected chi connectivity index (χ1v) is 14.4. The number of aromatic nitrogens is 2. The average Bonchev–Trinajstić information content (AvgIpc) is 3.18. The van der Waals surface area contributed by atoms with Gasteiger partial charge in [-0.05, 0) is 62.6 Å². The van der Waals surface area contributed by atoms with Gasteiger partial charge in [0.25, 0.3) is 0 Å². The maximum Gasteiger partial charge on any atom is 0.329 e. The number of imidazole rings is 1. The fourth-order valence-electron chi connectivity index (χ4n) is 6.53. The lowest BCUT2D eigenvalue weighted by atomic mass is 9.85. The van der Waals surface area contributed by atoms with Crippen LogP contribution in [-0.4, -0.2) is 75.2 Å². The van der Waals surface area contributed by atoms with Gasteiger partial charge < -0.3 is 9.69 Å². The first-order chi connectivity index (χ1) is 18.9. The summed E-state index contributed by atoms with van der Waals surface area (Å²) in [6, 6.07) is 5.61.